The Morgan fingerprint density at radius 1 is 1.22 bits per heavy atom. The zero-order valence-corrected chi connectivity index (χ0v) is 19.3. The number of hydrogen-bond donors (Lipinski definition) is 2. The van der Waals surface area contributed by atoms with Crippen LogP contribution in [-0.2, 0) is 6.42 Å². The molecule has 1 aromatic carbocycles. The Kier molecular flexibility index (Phi) is 8.15. The molecular formula is C19H28IN5OS. The summed E-state index contributed by atoms with van der Waals surface area (Å²) in [5, 5.41) is 14.6. The maximum atomic E-state index is 10.0. The van der Waals surface area contributed by atoms with Gasteiger partial charge in [0.2, 0.25) is 0 Å². The molecule has 27 heavy (non-hydrogen) atoms. The minimum atomic E-state index is 0. The Labute approximate surface area is 182 Å². The van der Waals surface area contributed by atoms with Gasteiger partial charge in [0.1, 0.15) is 5.75 Å². The molecule has 0 aliphatic carbocycles. The number of benzene rings is 1. The molecule has 0 bridgehead atoms. The van der Waals surface area contributed by atoms with Crippen LogP contribution in [0.25, 0.3) is 0 Å². The summed E-state index contributed by atoms with van der Waals surface area (Å²) in [5.74, 6) is 1.29. The van der Waals surface area contributed by atoms with Crippen LogP contribution in [0.1, 0.15) is 15.6 Å². The van der Waals surface area contributed by atoms with E-state index in [2.05, 4.69) is 38.9 Å². The number of guanidine groups is 1. The van der Waals surface area contributed by atoms with E-state index < -0.39 is 0 Å². The first-order valence-corrected chi connectivity index (χ1v) is 9.81. The zero-order valence-electron chi connectivity index (χ0n) is 16.1. The lowest BCUT2D eigenvalue weighted by atomic mass is 10.2. The number of piperazine rings is 1. The number of rotatable bonds is 4. The molecule has 1 aliphatic rings. The summed E-state index contributed by atoms with van der Waals surface area (Å²) < 4.78 is 0. The molecule has 0 saturated carbocycles. The summed E-state index contributed by atoms with van der Waals surface area (Å²) in [6.07, 6.45) is 0.966. The number of aromatic hydroxyl groups is 1. The maximum Gasteiger partial charge on any atom is 0.193 e. The van der Waals surface area contributed by atoms with Crippen LogP contribution in [0.2, 0.25) is 0 Å². The SMILES string of the molecule is CN=C(NCCc1sc(C)nc1C)N1CCN(c2ccccc2O)CC1.I. The fourth-order valence-electron chi connectivity index (χ4n) is 3.32. The van der Waals surface area contributed by atoms with Gasteiger partial charge in [-0.15, -0.1) is 35.3 Å². The lowest BCUT2D eigenvalue weighted by Crippen LogP contribution is -2.52. The lowest BCUT2D eigenvalue weighted by molar-refractivity contribution is 0.370. The van der Waals surface area contributed by atoms with Crippen molar-refractivity contribution in [2.45, 2.75) is 20.3 Å². The molecule has 0 radical (unpaired) electrons. The fourth-order valence-corrected chi connectivity index (χ4v) is 4.25. The summed E-state index contributed by atoms with van der Waals surface area (Å²) in [5.41, 5.74) is 2.05. The van der Waals surface area contributed by atoms with Crippen LogP contribution in [0.15, 0.2) is 29.3 Å². The van der Waals surface area contributed by atoms with Gasteiger partial charge in [-0.25, -0.2) is 4.98 Å². The van der Waals surface area contributed by atoms with Gasteiger partial charge in [-0.1, -0.05) is 12.1 Å². The van der Waals surface area contributed by atoms with Gasteiger partial charge in [-0.3, -0.25) is 4.99 Å². The largest absolute Gasteiger partial charge is 0.506 e. The van der Waals surface area contributed by atoms with Crippen LogP contribution in [0.3, 0.4) is 0 Å². The van der Waals surface area contributed by atoms with Crippen molar-refractivity contribution in [3.63, 3.8) is 0 Å². The summed E-state index contributed by atoms with van der Waals surface area (Å²) >= 11 is 1.77. The molecule has 0 atom stereocenters. The Hall–Kier alpha value is -1.55. The lowest BCUT2D eigenvalue weighted by Gasteiger charge is -2.37. The van der Waals surface area contributed by atoms with Gasteiger partial charge in [0.25, 0.3) is 0 Å². The molecule has 2 N–H and O–H groups in total. The molecular weight excluding hydrogens is 473 g/mol. The number of nitrogens with zero attached hydrogens (tertiary/aromatic N) is 4. The van der Waals surface area contributed by atoms with E-state index >= 15 is 0 Å². The quantitative estimate of drug-likeness (QED) is 0.383. The Balaban J connectivity index is 0.00000261. The summed E-state index contributed by atoms with van der Waals surface area (Å²) in [6, 6.07) is 7.53. The zero-order chi connectivity index (χ0) is 18.5. The Morgan fingerprint density at radius 2 is 1.93 bits per heavy atom. The maximum absolute atomic E-state index is 10.0. The van der Waals surface area contributed by atoms with Crippen molar-refractivity contribution in [2.75, 3.05) is 44.7 Å². The first-order valence-electron chi connectivity index (χ1n) is 9.00. The highest BCUT2D eigenvalue weighted by Gasteiger charge is 2.21. The third kappa shape index (κ3) is 5.47. The molecule has 3 rings (SSSR count). The van der Waals surface area contributed by atoms with Gasteiger partial charge in [-0.2, -0.15) is 0 Å². The van der Waals surface area contributed by atoms with Gasteiger partial charge in [-0.05, 0) is 26.0 Å². The Morgan fingerprint density at radius 3 is 2.52 bits per heavy atom. The van der Waals surface area contributed by atoms with Gasteiger partial charge in [0, 0.05) is 51.1 Å². The van der Waals surface area contributed by atoms with Gasteiger partial charge in [0.15, 0.2) is 5.96 Å². The second-order valence-corrected chi connectivity index (χ2v) is 7.72. The highest BCUT2D eigenvalue weighted by molar-refractivity contribution is 14.0. The second-order valence-electron chi connectivity index (χ2n) is 6.43. The third-order valence-corrected chi connectivity index (χ3v) is 5.78. The van der Waals surface area contributed by atoms with E-state index in [1.54, 1.807) is 17.4 Å². The fraction of sp³-hybridized carbons (Fsp3) is 0.474. The number of hydrogen-bond acceptors (Lipinski definition) is 5. The predicted molar refractivity (Wildman–Crippen MR) is 124 cm³/mol. The van der Waals surface area contributed by atoms with E-state index in [1.165, 1.54) is 4.88 Å². The molecule has 1 saturated heterocycles. The van der Waals surface area contributed by atoms with Crippen LogP contribution in [0.5, 0.6) is 5.75 Å². The molecule has 0 amide bonds. The molecule has 1 aliphatic heterocycles. The van der Waals surface area contributed by atoms with E-state index in [9.17, 15) is 5.11 Å². The van der Waals surface area contributed by atoms with Gasteiger partial charge < -0.3 is 20.2 Å². The number of aromatic nitrogens is 1. The number of phenols is 1. The minimum Gasteiger partial charge on any atom is -0.506 e. The number of halogens is 1. The predicted octanol–water partition coefficient (Wildman–Crippen LogP) is 3.02. The van der Waals surface area contributed by atoms with Crippen molar-refractivity contribution in [1.29, 1.82) is 0 Å². The highest BCUT2D eigenvalue weighted by atomic mass is 127. The average molecular weight is 501 g/mol. The number of anilines is 1. The van der Waals surface area contributed by atoms with Crippen LogP contribution in [0, 0.1) is 13.8 Å². The first-order chi connectivity index (χ1) is 12.6. The topological polar surface area (TPSA) is 64.0 Å². The van der Waals surface area contributed by atoms with Crippen molar-refractivity contribution in [2.24, 2.45) is 4.99 Å². The molecule has 6 nitrogen and oxygen atoms in total. The summed E-state index contributed by atoms with van der Waals surface area (Å²) in [4.78, 5) is 14.8. The molecule has 2 aromatic rings. The van der Waals surface area contributed by atoms with E-state index in [-0.39, 0.29) is 24.0 Å². The first kappa shape index (κ1) is 21.7. The van der Waals surface area contributed by atoms with Crippen molar-refractivity contribution >= 4 is 47.0 Å². The van der Waals surface area contributed by atoms with Crippen molar-refractivity contribution in [3.8, 4) is 5.75 Å². The van der Waals surface area contributed by atoms with E-state index in [0.717, 1.165) is 61.5 Å². The van der Waals surface area contributed by atoms with Crippen molar-refractivity contribution in [3.05, 3.63) is 39.8 Å². The Bertz CT molecular complexity index is 771. The average Bonchev–Trinajstić information content (AvgIpc) is 2.97. The number of phenolic OH excluding ortho intramolecular Hbond substituents is 1. The third-order valence-electron chi connectivity index (χ3n) is 4.65. The normalized spacial score (nSPS) is 14.9. The van der Waals surface area contributed by atoms with Gasteiger partial charge in [0.05, 0.1) is 16.4 Å². The number of para-hydroxylation sites is 2. The van der Waals surface area contributed by atoms with Crippen LogP contribution < -0.4 is 10.2 Å². The molecule has 2 heterocycles. The highest BCUT2D eigenvalue weighted by Crippen LogP contribution is 2.27. The van der Waals surface area contributed by atoms with Crippen LogP contribution in [0.4, 0.5) is 5.69 Å². The monoisotopic (exact) mass is 501 g/mol. The van der Waals surface area contributed by atoms with Crippen molar-refractivity contribution < 1.29 is 5.11 Å². The molecule has 8 heteroatoms. The number of aliphatic imine (C=N–C) groups is 1. The van der Waals surface area contributed by atoms with E-state index in [1.807, 2.05) is 25.2 Å². The summed E-state index contributed by atoms with van der Waals surface area (Å²) in [6.45, 7) is 8.48. The van der Waals surface area contributed by atoms with Crippen LogP contribution in [-0.4, -0.2) is 60.7 Å². The number of nitrogens with one attached hydrogen (secondary N) is 1. The molecule has 1 fully saturated rings. The number of thiazole rings is 1. The van der Waals surface area contributed by atoms with Crippen molar-refractivity contribution in [1.82, 2.24) is 15.2 Å². The second kappa shape index (κ2) is 10.1. The summed E-state index contributed by atoms with van der Waals surface area (Å²) in [7, 11) is 1.83. The molecule has 148 valence electrons. The molecule has 0 unspecified atom stereocenters. The smallest absolute Gasteiger partial charge is 0.193 e. The van der Waals surface area contributed by atoms with E-state index in [4.69, 9.17) is 0 Å². The minimum absolute atomic E-state index is 0. The van der Waals surface area contributed by atoms with Gasteiger partial charge >= 0.3 is 0 Å². The molecule has 1 aromatic heterocycles. The number of aryl methyl sites for hydroxylation is 2. The van der Waals surface area contributed by atoms with E-state index in [0.29, 0.717) is 5.75 Å². The molecule has 0 spiro atoms. The van der Waals surface area contributed by atoms with Crippen LogP contribution >= 0.6 is 35.3 Å². The standard InChI is InChI=1S/C19H27N5OS.HI/c1-14-18(26-15(2)22-14)8-9-21-19(20-3)24-12-10-23(11-13-24)16-6-4-5-7-17(16)25;/h4-7,25H,8-13H2,1-3H3,(H,20,21);1H.